The fourth-order valence-electron chi connectivity index (χ4n) is 2.06. The summed E-state index contributed by atoms with van der Waals surface area (Å²) >= 11 is 0. The molecule has 0 aromatic carbocycles. The van der Waals surface area contributed by atoms with Gasteiger partial charge in [0.05, 0.1) is 13.0 Å². The van der Waals surface area contributed by atoms with Gasteiger partial charge in [-0.2, -0.15) is 0 Å². The van der Waals surface area contributed by atoms with Gasteiger partial charge in [0.1, 0.15) is 0 Å². The van der Waals surface area contributed by atoms with Crippen LogP contribution in [0.2, 0.25) is 0 Å². The van der Waals surface area contributed by atoms with Crippen molar-refractivity contribution in [2.45, 2.75) is 32.2 Å². The molecule has 0 saturated carbocycles. The molecule has 0 aromatic rings. The van der Waals surface area contributed by atoms with Crippen LogP contribution in [0.5, 0.6) is 0 Å². The molecule has 1 aliphatic rings. The number of nitrogens with two attached hydrogens (primary N) is 1. The minimum Gasteiger partial charge on any atom is -0.384 e. The Kier molecular flexibility index (Phi) is 5.05. The molecule has 88 valence electrons. The molecule has 1 saturated heterocycles. The van der Waals surface area contributed by atoms with Crippen molar-refractivity contribution >= 4 is 5.91 Å². The summed E-state index contributed by atoms with van der Waals surface area (Å²) in [6.07, 6.45) is 2.47. The maximum Gasteiger partial charge on any atom is 0.224 e. The summed E-state index contributed by atoms with van der Waals surface area (Å²) in [5.41, 5.74) is 5.99. The summed E-state index contributed by atoms with van der Waals surface area (Å²) in [6, 6.07) is 0.265. The third-order valence-corrected chi connectivity index (χ3v) is 3.19. The Bertz CT molecular complexity index is 209. The Morgan fingerprint density at radius 1 is 1.60 bits per heavy atom. The van der Waals surface area contributed by atoms with Gasteiger partial charge in [-0.15, -0.1) is 0 Å². The molecule has 0 radical (unpaired) electrons. The highest BCUT2D eigenvalue weighted by Gasteiger charge is 2.27. The number of ether oxygens (including phenoxy) is 1. The minimum absolute atomic E-state index is 0.196. The standard InChI is InChI=1S/C11H22N2O2/c1-3-9-8-13(6-4-10(9)12)11(14)5-7-15-2/h9-10H,3-8,12H2,1-2H3. The second-order valence-corrected chi connectivity index (χ2v) is 4.20. The number of nitrogens with zero attached hydrogens (tertiary/aromatic N) is 1. The van der Waals surface area contributed by atoms with E-state index in [-0.39, 0.29) is 11.9 Å². The molecular formula is C11H22N2O2. The molecule has 0 aromatic heterocycles. The van der Waals surface area contributed by atoms with Crippen LogP contribution in [0.1, 0.15) is 26.2 Å². The van der Waals surface area contributed by atoms with Gasteiger partial charge in [-0.25, -0.2) is 0 Å². The first-order valence-corrected chi connectivity index (χ1v) is 5.71. The summed E-state index contributed by atoms with van der Waals surface area (Å²) in [6.45, 7) is 4.27. The number of rotatable bonds is 4. The van der Waals surface area contributed by atoms with Crippen LogP contribution in [0.15, 0.2) is 0 Å². The Morgan fingerprint density at radius 2 is 2.33 bits per heavy atom. The van der Waals surface area contributed by atoms with Gasteiger partial charge in [0, 0.05) is 26.2 Å². The van der Waals surface area contributed by atoms with Crippen molar-refractivity contribution in [3.05, 3.63) is 0 Å². The molecule has 0 bridgehead atoms. The Hall–Kier alpha value is -0.610. The van der Waals surface area contributed by atoms with E-state index >= 15 is 0 Å². The molecule has 4 heteroatoms. The second kappa shape index (κ2) is 6.08. The van der Waals surface area contributed by atoms with E-state index in [0.29, 0.717) is 18.9 Å². The number of carbonyl (C=O) groups excluding carboxylic acids is 1. The normalized spacial score (nSPS) is 26.7. The first-order valence-electron chi connectivity index (χ1n) is 5.71. The average Bonchev–Trinajstić information content (AvgIpc) is 2.26. The van der Waals surface area contributed by atoms with Crippen molar-refractivity contribution in [1.82, 2.24) is 4.90 Å². The molecule has 1 heterocycles. The van der Waals surface area contributed by atoms with Gasteiger partial charge in [0.2, 0.25) is 5.91 Å². The predicted molar refractivity (Wildman–Crippen MR) is 59.4 cm³/mol. The fraction of sp³-hybridized carbons (Fsp3) is 0.909. The minimum atomic E-state index is 0.196. The number of hydrogen-bond donors (Lipinski definition) is 1. The van der Waals surface area contributed by atoms with E-state index in [2.05, 4.69) is 6.92 Å². The van der Waals surface area contributed by atoms with Crippen molar-refractivity contribution in [1.29, 1.82) is 0 Å². The van der Waals surface area contributed by atoms with E-state index in [0.717, 1.165) is 25.9 Å². The number of carbonyl (C=O) groups is 1. The first-order chi connectivity index (χ1) is 7.19. The molecule has 2 atom stereocenters. The van der Waals surface area contributed by atoms with Crippen LogP contribution in [-0.2, 0) is 9.53 Å². The van der Waals surface area contributed by atoms with Crippen LogP contribution < -0.4 is 5.73 Å². The molecule has 4 nitrogen and oxygen atoms in total. The van der Waals surface area contributed by atoms with Crippen LogP contribution in [0, 0.1) is 5.92 Å². The largest absolute Gasteiger partial charge is 0.384 e. The highest BCUT2D eigenvalue weighted by atomic mass is 16.5. The van der Waals surface area contributed by atoms with Gasteiger partial charge in [-0.3, -0.25) is 4.79 Å². The molecule has 2 unspecified atom stereocenters. The van der Waals surface area contributed by atoms with Crippen molar-refractivity contribution in [3.63, 3.8) is 0 Å². The van der Waals surface area contributed by atoms with Crippen molar-refractivity contribution in [2.24, 2.45) is 11.7 Å². The van der Waals surface area contributed by atoms with Crippen molar-refractivity contribution in [3.8, 4) is 0 Å². The lowest BCUT2D eigenvalue weighted by Gasteiger charge is -2.36. The quantitative estimate of drug-likeness (QED) is 0.746. The summed E-state index contributed by atoms with van der Waals surface area (Å²) in [7, 11) is 1.62. The van der Waals surface area contributed by atoms with Crippen molar-refractivity contribution < 1.29 is 9.53 Å². The zero-order valence-electron chi connectivity index (χ0n) is 9.74. The zero-order chi connectivity index (χ0) is 11.3. The number of amides is 1. The van der Waals surface area contributed by atoms with Crippen LogP contribution in [0.4, 0.5) is 0 Å². The van der Waals surface area contributed by atoms with Gasteiger partial charge in [0.25, 0.3) is 0 Å². The summed E-state index contributed by atoms with van der Waals surface area (Å²) in [5.74, 6) is 0.660. The van der Waals surface area contributed by atoms with Gasteiger partial charge in [0.15, 0.2) is 0 Å². The highest BCUT2D eigenvalue weighted by Crippen LogP contribution is 2.18. The van der Waals surface area contributed by atoms with Crippen molar-refractivity contribution in [2.75, 3.05) is 26.8 Å². The molecule has 15 heavy (non-hydrogen) atoms. The number of methoxy groups -OCH3 is 1. The Morgan fingerprint density at radius 3 is 2.93 bits per heavy atom. The Balaban J connectivity index is 2.40. The van der Waals surface area contributed by atoms with Gasteiger partial charge in [-0.1, -0.05) is 13.3 Å². The summed E-state index contributed by atoms with van der Waals surface area (Å²) in [4.78, 5) is 13.7. The van der Waals surface area contributed by atoms with E-state index in [9.17, 15) is 4.79 Å². The molecule has 2 N–H and O–H groups in total. The second-order valence-electron chi connectivity index (χ2n) is 4.20. The number of hydrogen-bond acceptors (Lipinski definition) is 3. The molecule has 0 aliphatic carbocycles. The summed E-state index contributed by atoms with van der Waals surface area (Å²) in [5, 5.41) is 0. The third kappa shape index (κ3) is 3.47. The molecule has 0 spiro atoms. The Labute approximate surface area is 91.8 Å². The fourth-order valence-corrected chi connectivity index (χ4v) is 2.06. The van der Waals surface area contributed by atoms with E-state index < -0.39 is 0 Å². The van der Waals surface area contributed by atoms with E-state index in [1.54, 1.807) is 7.11 Å². The predicted octanol–water partition coefficient (Wildman–Crippen LogP) is 0.609. The molecule has 1 aliphatic heterocycles. The van der Waals surface area contributed by atoms with Gasteiger partial charge < -0.3 is 15.4 Å². The lowest BCUT2D eigenvalue weighted by Crippen LogP contribution is -2.49. The van der Waals surface area contributed by atoms with Crippen LogP contribution in [0.3, 0.4) is 0 Å². The first kappa shape index (κ1) is 12.5. The molecule has 1 fully saturated rings. The van der Waals surface area contributed by atoms with Crippen LogP contribution in [-0.4, -0.2) is 43.7 Å². The zero-order valence-corrected chi connectivity index (χ0v) is 9.74. The highest BCUT2D eigenvalue weighted by molar-refractivity contribution is 5.76. The van der Waals surface area contributed by atoms with E-state index in [4.69, 9.17) is 10.5 Å². The van der Waals surface area contributed by atoms with Crippen LogP contribution >= 0.6 is 0 Å². The SMILES string of the molecule is CCC1CN(C(=O)CCOC)CCC1N. The molecule has 1 rings (SSSR count). The van der Waals surface area contributed by atoms with E-state index in [1.165, 1.54) is 0 Å². The smallest absolute Gasteiger partial charge is 0.224 e. The molecular weight excluding hydrogens is 192 g/mol. The van der Waals surface area contributed by atoms with E-state index in [1.807, 2.05) is 4.90 Å². The van der Waals surface area contributed by atoms with Gasteiger partial charge in [-0.05, 0) is 12.3 Å². The summed E-state index contributed by atoms with van der Waals surface area (Å²) < 4.78 is 4.91. The maximum absolute atomic E-state index is 11.7. The number of piperidine rings is 1. The maximum atomic E-state index is 11.7. The van der Waals surface area contributed by atoms with Gasteiger partial charge >= 0.3 is 0 Å². The lowest BCUT2D eigenvalue weighted by atomic mass is 9.90. The number of likely N-dealkylation sites (tertiary alicyclic amines) is 1. The topological polar surface area (TPSA) is 55.6 Å². The monoisotopic (exact) mass is 214 g/mol. The molecule has 1 amide bonds. The van der Waals surface area contributed by atoms with Crippen LogP contribution in [0.25, 0.3) is 0 Å². The average molecular weight is 214 g/mol. The lowest BCUT2D eigenvalue weighted by molar-refractivity contribution is -0.134. The third-order valence-electron chi connectivity index (χ3n) is 3.19.